The van der Waals surface area contributed by atoms with Gasteiger partial charge in [0.1, 0.15) is 0 Å². The van der Waals surface area contributed by atoms with Crippen molar-refractivity contribution in [3.63, 3.8) is 0 Å². The van der Waals surface area contributed by atoms with E-state index in [2.05, 4.69) is 5.32 Å². The van der Waals surface area contributed by atoms with Crippen molar-refractivity contribution in [2.24, 2.45) is 11.8 Å². The fourth-order valence-corrected chi connectivity index (χ4v) is 3.76. The van der Waals surface area contributed by atoms with E-state index in [-0.39, 0.29) is 36.5 Å². The van der Waals surface area contributed by atoms with E-state index in [0.717, 1.165) is 17.7 Å². The second-order valence-electron chi connectivity index (χ2n) is 6.08. The van der Waals surface area contributed by atoms with Crippen LogP contribution in [-0.4, -0.2) is 45.8 Å². The average Bonchev–Trinajstić information content (AvgIpc) is 2.74. The van der Waals surface area contributed by atoms with E-state index >= 15 is 0 Å². The topological polar surface area (TPSA) is 104 Å². The van der Waals surface area contributed by atoms with Gasteiger partial charge in [-0.05, 0) is 19.3 Å². The van der Waals surface area contributed by atoms with Crippen LogP contribution in [0.25, 0.3) is 0 Å². The predicted octanol–water partition coefficient (Wildman–Crippen LogP) is -0.671. The number of carbonyl (C=O) groups is 4. The Morgan fingerprint density at radius 3 is 2.14 bits per heavy atom. The molecule has 2 N–H and O–H groups in total. The molecule has 4 amide bonds. The van der Waals surface area contributed by atoms with Gasteiger partial charge in [-0.2, -0.15) is 0 Å². The predicted molar refractivity (Wildman–Crippen MR) is 69.5 cm³/mol. The Hall–Kier alpha value is -1.76. The standard InChI is InChI=1S/C14H18N2O5/c17-7-14(6-5-10(18)15-13(14)21)16-11(19)8-3-1-2-4-9(8)12(16)20/h8-9,17H,1-7H2,(H,15,18,21)/t8-,9+,14?. The lowest BCUT2D eigenvalue weighted by molar-refractivity contribution is -0.162. The number of piperidine rings is 1. The SMILES string of the molecule is O=C1CCC(CO)(N2C(=O)[C@H]3CCCC[C@H]3C2=O)C(=O)N1. The van der Waals surface area contributed by atoms with E-state index < -0.39 is 24.0 Å². The summed E-state index contributed by atoms with van der Waals surface area (Å²) in [7, 11) is 0. The normalized spacial score (nSPS) is 36.7. The van der Waals surface area contributed by atoms with Gasteiger partial charge in [-0.25, -0.2) is 0 Å². The fraction of sp³-hybridized carbons (Fsp3) is 0.714. The Morgan fingerprint density at radius 2 is 1.67 bits per heavy atom. The van der Waals surface area contributed by atoms with Gasteiger partial charge in [-0.15, -0.1) is 0 Å². The second-order valence-corrected chi connectivity index (χ2v) is 6.08. The van der Waals surface area contributed by atoms with Crippen LogP contribution in [0.15, 0.2) is 0 Å². The minimum absolute atomic E-state index is 0.00884. The number of carbonyl (C=O) groups excluding carboxylic acids is 4. The van der Waals surface area contributed by atoms with E-state index in [1.54, 1.807) is 0 Å². The average molecular weight is 294 g/mol. The first-order valence-electron chi connectivity index (χ1n) is 7.34. The van der Waals surface area contributed by atoms with Gasteiger partial charge in [0.25, 0.3) is 5.91 Å². The lowest BCUT2D eigenvalue weighted by Crippen LogP contribution is -2.66. The Morgan fingerprint density at radius 1 is 1.10 bits per heavy atom. The Bertz CT molecular complexity index is 507. The van der Waals surface area contributed by atoms with Crippen LogP contribution in [-0.2, 0) is 19.2 Å². The molecular weight excluding hydrogens is 276 g/mol. The highest BCUT2D eigenvalue weighted by atomic mass is 16.3. The summed E-state index contributed by atoms with van der Waals surface area (Å²) in [6.07, 6.45) is 3.08. The molecule has 0 aromatic heterocycles. The number of hydrogen-bond acceptors (Lipinski definition) is 5. The first kappa shape index (κ1) is 14.2. The van der Waals surface area contributed by atoms with Crippen LogP contribution < -0.4 is 5.32 Å². The van der Waals surface area contributed by atoms with Crippen LogP contribution >= 0.6 is 0 Å². The van der Waals surface area contributed by atoms with Crippen molar-refractivity contribution in [1.82, 2.24) is 10.2 Å². The van der Waals surface area contributed by atoms with Gasteiger partial charge < -0.3 is 5.11 Å². The number of hydrogen-bond donors (Lipinski definition) is 2. The van der Waals surface area contributed by atoms with Gasteiger partial charge in [-0.1, -0.05) is 12.8 Å². The molecule has 2 saturated heterocycles. The fourth-order valence-electron chi connectivity index (χ4n) is 3.76. The number of aliphatic hydroxyl groups is 1. The zero-order valence-electron chi connectivity index (χ0n) is 11.6. The molecule has 7 nitrogen and oxygen atoms in total. The summed E-state index contributed by atoms with van der Waals surface area (Å²) >= 11 is 0. The summed E-state index contributed by atoms with van der Waals surface area (Å²) in [6, 6.07) is 0. The number of amides is 4. The summed E-state index contributed by atoms with van der Waals surface area (Å²) in [5.41, 5.74) is -1.61. The number of fused-ring (bicyclic) bond motifs is 1. The molecule has 0 spiro atoms. The minimum atomic E-state index is -1.61. The molecule has 1 aliphatic carbocycles. The molecule has 1 unspecified atom stereocenters. The van der Waals surface area contributed by atoms with Crippen LogP contribution in [0.5, 0.6) is 0 Å². The highest BCUT2D eigenvalue weighted by Gasteiger charge is 2.59. The van der Waals surface area contributed by atoms with E-state index in [1.165, 1.54) is 0 Å². The molecule has 114 valence electrons. The smallest absolute Gasteiger partial charge is 0.255 e. The molecule has 3 fully saturated rings. The maximum absolute atomic E-state index is 12.6. The largest absolute Gasteiger partial charge is 0.393 e. The highest BCUT2D eigenvalue weighted by molar-refractivity contribution is 6.12. The van der Waals surface area contributed by atoms with Crippen LogP contribution in [0.2, 0.25) is 0 Å². The molecule has 1 saturated carbocycles. The van der Waals surface area contributed by atoms with Crippen molar-refractivity contribution < 1.29 is 24.3 Å². The third-order valence-corrected chi connectivity index (χ3v) is 4.97. The third-order valence-electron chi connectivity index (χ3n) is 4.97. The summed E-state index contributed by atoms with van der Waals surface area (Å²) in [4.78, 5) is 49.6. The van der Waals surface area contributed by atoms with Crippen molar-refractivity contribution in [3.05, 3.63) is 0 Å². The molecule has 7 heteroatoms. The quantitative estimate of drug-likeness (QED) is 0.657. The van der Waals surface area contributed by atoms with Gasteiger partial charge in [0, 0.05) is 6.42 Å². The number of nitrogens with one attached hydrogen (secondary N) is 1. The number of nitrogens with zero attached hydrogens (tertiary/aromatic N) is 1. The number of aliphatic hydroxyl groups excluding tert-OH is 1. The van der Waals surface area contributed by atoms with Crippen molar-refractivity contribution >= 4 is 23.6 Å². The second kappa shape index (κ2) is 4.91. The summed E-state index contributed by atoms with van der Waals surface area (Å²) in [6.45, 7) is -0.650. The van der Waals surface area contributed by atoms with E-state index in [1.807, 2.05) is 0 Å². The lowest BCUT2D eigenvalue weighted by Gasteiger charge is -2.40. The third kappa shape index (κ3) is 1.91. The molecular formula is C14H18N2O5. The molecule has 0 radical (unpaired) electrons. The van der Waals surface area contributed by atoms with Gasteiger partial charge >= 0.3 is 0 Å². The number of likely N-dealkylation sites (tertiary alicyclic amines) is 1. The van der Waals surface area contributed by atoms with Crippen LogP contribution in [0.3, 0.4) is 0 Å². The molecule has 3 rings (SSSR count). The molecule has 0 aromatic carbocycles. The number of rotatable bonds is 2. The van der Waals surface area contributed by atoms with E-state index in [9.17, 15) is 24.3 Å². The van der Waals surface area contributed by atoms with Crippen LogP contribution in [0, 0.1) is 11.8 Å². The Kier molecular flexibility index (Phi) is 3.32. The molecule has 0 aromatic rings. The molecule has 2 aliphatic heterocycles. The Labute approximate surface area is 121 Å². The monoisotopic (exact) mass is 294 g/mol. The first-order valence-corrected chi connectivity index (χ1v) is 7.34. The van der Waals surface area contributed by atoms with Gasteiger partial charge in [0.15, 0.2) is 5.54 Å². The Balaban J connectivity index is 1.97. The van der Waals surface area contributed by atoms with Gasteiger partial charge in [0.2, 0.25) is 17.7 Å². The molecule has 3 atom stereocenters. The first-order chi connectivity index (χ1) is 10.0. The summed E-state index contributed by atoms with van der Waals surface area (Å²) in [5.74, 6) is -2.69. The summed E-state index contributed by atoms with van der Waals surface area (Å²) in [5, 5.41) is 11.8. The number of imide groups is 2. The summed E-state index contributed by atoms with van der Waals surface area (Å²) < 4.78 is 0. The van der Waals surface area contributed by atoms with Crippen molar-refractivity contribution in [2.75, 3.05) is 6.61 Å². The molecule has 3 aliphatic rings. The minimum Gasteiger partial charge on any atom is -0.393 e. The van der Waals surface area contributed by atoms with Gasteiger partial charge in [-0.3, -0.25) is 29.4 Å². The van der Waals surface area contributed by atoms with Crippen LogP contribution in [0.1, 0.15) is 38.5 Å². The molecule has 2 heterocycles. The maximum atomic E-state index is 12.6. The van der Waals surface area contributed by atoms with E-state index in [0.29, 0.717) is 12.8 Å². The zero-order valence-corrected chi connectivity index (χ0v) is 11.6. The lowest BCUT2D eigenvalue weighted by atomic mass is 9.81. The zero-order chi connectivity index (χ0) is 15.2. The van der Waals surface area contributed by atoms with Crippen molar-refractivity contribution in [2.45, 2.75) is 44.1 Å². The van der Waals surface area contributed by atoms with Gasteiger partial charge in [0.05, 0.1) is 18.4 Å². The molecule has 21 heavy (non-hydrogen) atoms. The highest BCUT2D eigenvalue weighted by Crippen LogP contribution is 2.42. The molecule has 0 bridgehead atoms. The van der Waals surface area contributed by atoms with Crippen molar-refractivity contribution in [3.8, 4) is 0 Å². The van der Waals surface area contributed by atoms with Crippen LogP contribution in [0.4, 0.5) is 0 Å². The van der Waals surface area contributed by atoms with Crippen molar-refractivity contribution in [1.29, 1.82) is 0 Å². The van der Waals surface area contributed by atoms with E-state index in [4.69, 9.17) is 0 Å². The maximum Gasteiger partial charge on any atom is 0.255 e.